The van der Waals surface area contributed by atoms with Crippen LogP contribution >= 0.6 is 0 Å². The third kappa shape index (κ3) is 2.85. The van der Waals surface area contributed by atoms with E-state index in [4.69, 9.17) is 5.73 Å². The van der Waals surface area contributed by atoms with Gasteiger partial charge in [-0.3, -0.25) is 4.90 Å². The van der Waals surface area contributed by atoms with Gasteiger partial charge in [0.2, 0.25) is 0 Å². The second-order valence-corrected chi connectivity index (χ2v) is 6.18. The van der Waals surface area contributed by atoms with Gasteiger partial charge in [-0.05, 0) is 51.0 Å². The van der Waals surface area contributed by atoms with Gasteiger partial charge in [0.05, 0.1) is 0 Å². The summed E-state index contributed by atoms with van der Waals surface area (Å²) in [7, 11) is 0. The summed E-state index contributed by atoms with van der Waals surface area (Å²) in [6, 6.07) is 0.867. The van der Waals surface area contributed by atoms with E-state index >= 15 is 0 Å². The maximum Gasteiger partial charge on any atom is 0.0334 e. The molecule has 0 aromatic carbocycles. The van der Waals surface area contributed by atoms with Gasteiger partial charge in [-0.1, -0.05) is 26.7 Å². The number of hydrogen-bond acceptors (Lipinski definition) is 2. The smallest absolute Gasteiger partial charge is 0.0334 e. The van der Waals surface area contributed by atoms with Crippen LogP contribution in [0.25, 0.3) is 0 Å². The molecule has 0 aromatic heterocycles. The first-order valence-electron chi connectivity index (χ1n) is 7.72. The zero-order valence-corrected chi connectivity index (χ0v) is 11.8. The topological polar surface area (TPSA) is 29.3 Å². The van der Waals surface area contributed by atoms with Crippen molar-refractivity contribution in [2.75, 3.05) is 13.1 Å². The molecule has 0 unspecified atom stereocenters. The summed E-state index contributed by atoms with van der Waals surface area (Å²) in [5.74, 6) is 0.984. The first-order chi connectivity index (χ1) is 8.25. The van der Waals surface area contributed by atoms with E-state index in [1.54, 1.807) is 0 Å². The van der Waals surface area contributed by atoms with Gasteiger partial charge in [-0.2, -0.15) is 0 Å². The van der Waals surface area contributed by atoms with E-state index in [9.17, 15) is 0 Å². The van der Waals surface area contributed by atoms with Crippen molar-refractivity contribution in [3.63, 3.8) is 0 Å². The normalized spacial score (nSPS) is 34.2. The van der Waals surface area contributed by atoms with Crippen LogP contribution in [0.2, 0.25) is 0 Å². The molecule has 2 saturated carbocycles. The van der Waals surface area contributed by atoms with Crippen molar-refractivity contribution in [2.24, 2.45) is 11.7 Å². The highest BCUT2D eigenvalue weighted by Crippen LogP contribution is 2.42. The van der Waals surface area contributed by atoms with Crippen molar-refractivity contribution in [1.29, 1.82) is 0 Å². The molecule has 100 valence electrons. The maximum absolute atomic E-state index is 6.16. The van der Waals surface area contributed by atoms with E-state index in [-0.39, 0.29) is 0 Å². The Balaban J connectivity index is 1.96. The second-order valence-electron chi connectivity index (χ2n) is 6.18. The molecule has 0 spiro atoms. The van der Waals surface area contributed by atoms with E-state index < -0.39 is 0 Å². The van der Waals surface area contributed by atoms with Crippen molar-refractivity contribution in [3.8, 4) is 0 Å². The molecule has 2 aliphatic carbocycles. The van der Waals surface area contributed by atoms with Gasteiger partial charge in [-0.25, -0.2) is 0 Å². The van der Waals surface area contributed by atoms with E-state index in [0.717, 1.165) is 18.5 Å². The van der Waals surface area contributed by atoms with Crippen LogP contribution < -0.4 is 5.73 Å². The van der Waals surface area contributed by atoms with Gasteiger partial charge in [-0.15, -0.1) is 0 Å². The largest absolute Gasteiger partial charge is 0.329 e. The lowest BCUT2D eigenvalue weighted by Crippen LogP contribution is -2.56. The monoisotopic (exact) mass is 238 g/mol. The van der Waals surface area contributed by atoms with Gasteiger partial charge in [0.15, 0.2) is 0 Å². The van der Waals surface area contributed by atoms with Crippen molar-refractivity contribution >= 4 is 0 Å². The van der Waals surface area contributed by atoms with Crippen LogP contribution in [0.15, 0.2) is 0 Å². The molecule has 0 saturated heterocycles. The highest BCUT2D eigenvalue weighted by atomic mass is 15.3. The third-order valence-corrected chi connectivity index (χ3v) is 5.05. The van der Waals surface area contributed by atoms with Gasteiger partial charge in [0.1, 0.15) is 0 Å². The molecule has 0 aliphatic heterocycles. The molecule has 0 bridgehead atoms. The fourth-order valence-electron chi connectivity index (χ4n) is 3.89. The van der Waals surface area contributed by atoms with Crippen LogP contribution in [0.5, 0.6) is 0 Å². The lowest BCUT2D eigenvalue weighted by atomic mass is 9.74. The van der Waals surface area contributed by atoms with E-state index in [1.807, 2.05) is 0 Å². The molecule has 0 radical (unpaired) electrons. The lowest BCUT2D eigenvalue weighted by Gasteiger charge is -2.47. The van der Waals surface area contributed by atoms with E-state index in [2.05, 4.69) is 18.7 Å². The number of nitrogens with zero attached hydrogens (tertiary/aromatic N) is 1. The third-order valence-electron chi connectivity index (χ3n) is 5.05. The maximum atomic E-state index is 6.16. The molecule has 2 fully saturated rings. The van der Waals surface area contributed by atoms with Gasteiger partial charge >= 0.3 is 0 Å². The molecule has 0 amide bonds. The molecule has 0 atom stereocenters. The summed E-state index contributed by atoms with van der Waals surface area (Å²) in [4.78, 5) is 2.75. The fraction of sp³-hybridized carbons (Fsp3) is 1.00. The van der Waals surface area contributed by atoms with Crippen LogP contribution in [0.4, 0.5) is 0 Å². The minimum Gasteiger partial charge on any atom is -0.329 e. The van der Waals surface area contributed by atoms with Crippen molar-refractivity contribution in [2.45, 2.75) is 76.8 Å². The van der Waals surface area contributed by atoms with E-state index in [1.165, 1.54) is 57.9 Å². The van der Waals surface area contributed by atoms with Crippen LogP contribution in [-0.4, -0.2) is 29.6 Å². The van der Waals surface area contributed by atoms with Crippen molar-refractivity contribution < 1.29 is 0 Å². The minimum atomic E-state index is 0.361. The molecule has 2 N–H and O–H groups in total. The first kappa shape index (κ1) is 13.4. The minimum absolute atomic E-state index is 0.361. The summed E-state index contributed by atoms with van der Waals surface area (Å²) in [6.07, 6.45) is 11.1. The van der Waals surface area contributed by atoms with Crippen molar-refractivity contribution in [1.82, 2.24) is 4.90 Å². The van der Waals surface area contributed by atoms with Crippen LogP contribution in [0.3, 0.4) is 0 Å². The molecule has 2 heteroatoms. The first-order valence-corrected chi connectivity index (χ1v) is 7.72. The Morgan fingerprint density at radius 1 is 1.12 bits per heavy atom. The van der Waals surface area contributed by atoms with Crippen molar-refractivity contribution in [3.05, 3.63) is 0 Å². The summed E-state index contributed by atoms with van der Waals surface area (Å²) < 4.78 is 0. The van der Waals surface area contributed by atoms with Gasteiger partial charge < -0.3 is 5.73 Å². The molecule has 17 heavy (non-hydrogen) atoms. The SMILES string of the molecule is CCCC1CCC(CN)(N(CC)C2CC2)CC1. The molecule has 0 aromatic rings. The molecular weight excluding hydrogens is 208 g/mol. The average molecular weight is 238 g/mol. The Morgan fingerprint density at radius 3 is 2.18 bits per heavy atom. The van der Waals surface area contributed by atoms with Gasteiger partial charge in [0.25, 0.3) is 0 Å². The highest BCUT2D eigenvalue weighted by Gasteiger charge is 2.44. The molecule has 2 aliphatic rings. The lowest BCUT2D eigenvalue weighted by molar-refractivity contribution is 0.0381. The molecular formula is C15H30N2. The van der Waals surface area contributed by atoms with Crippen LogP contribution in [0.1, 0.15) is 65.2 Å². The molecule has 2 nitrogen and oxygen atoms in total. The van der Waals surface area contributed by atoms with E-state index in [0.29, 0.717) is 5.54 Å². The molecule has 2 rings (SSSR count). The Bertz CT molecular complexity index is 227. The number of likely N-dealkylation sites (N-methyl/N-ethyl adjacent to an activating group) is 1. The average Bonchev–Trinajstić information content (AvgIpc) is 3.17. The predicted octanol–water partition coefficient (Wildman–Crippen LogP) is 3.16. The standard InChI is InChI=1S/C15H30N2/c1-3-5-13-8-10-15(12-16,11-9-13)17(4-2)14-6-7-14/h13-14H,3-12,16H2,1-2H3. The molecule has 0 heterocycles. The zero-order valence-electron chi connectivity index (χ0n) is 11.8. The summed E-state index contributed by atoms with van der Waals surface area (Å²) in [6.45, 7) is 6.69. The Hall–Kier alpha value is -0.0800. The summed E-state index contributed by atoms with van der Waals surface area (Å²) in [5.41, 5.74) is 6.52. The quantitative estimate of drug-likeness (QED) is 0.770. The Labute approximate surface area is 107 Å². The summed E-state index contributed by atoms with van der Waals surface area (Å²) in [5, 5.41) is 0. The number of nitrogens with two attached hydrogens (primary N) is 1. The zero-order chi connectivity index (χ0) is 12.3. The second kappa shape index (κ2) is 5.71. The Morgan fingerprint density at radius 2 is 1.76 bits per heavy atom. The van der Waals surface area contributed by atoms with Gasteiger partial charge in [0, 0.05) is 18.1 Å². The predicted molar refractivity (Wildman–Crippen MR) is 74.1 cm³/mol. The van der Waals surface area contributed by atoms with Crippen LogP contribution in [-0.2, 0) is 0 Å². The van der Waals surface area contributed by atoms with Crippen LogP contribution in [0, 0.1) is 5.92 Å². The summed E-state index contributed by atoms with van der Waals surface area (Å²) >= 11 is 0. The number of rotatable bonds is 6. The highest BCUT2D eigenvalue weighted by molar-refractivity contribution is 5.01. The Kier molecular flexibility index (Phi) is 4.48. The fourth-order valence-corrected chi connectivity index (χ4v) is 3.89. The number of hydrogen-bond donors (Lipinski definition) is 1.